The summed E-state index contributed by atoms with van der Waals surface area (Å²) in [6, 6.07) is 16.0. The summed E-state index contributed by atoms with van der Waals surface area (Å²) in [5.74, 6) is -1.16. The third-order valence-electron chi connectivity index (χ3n) is 6.79. The van der Waals surface area contributed by atoms with Crippen molar-refractivity contribution >= 4 is 18.0 Å². The fourth-order valence-corrected chi connectivity index (χ4v) is 4.85. The minimum absolute atomic E-state index is 0.00638. The molecule has 7 heteroatoms. The molecule has 34 heavy (non-hydrogen) atoms. The van der Waals surface area contributed by atoms with Crippen molar-refractivity contribution in [3.63, 3.8) is 0 Å². The van der Waals surface area contributed by atoms with Gasteiger partial charge in [0.15, 0.2) is 0 Å². The number of amides is 2. The van der Waals surface area contributed by atoms with E-state index in [0.29, 0.717) is 19.4 Å². The van der Waals surface area contributed by atoms with E-state index < -0.39 is 12.1 Å². The molecule has 2 aromatic carbocycles. The van der Waals surface area contributed by atoms with Crippen molar-refractivity contribution in [3.05, 3.63) is 59.7 Å². The second-order valence-electron chi connectivity index (χ2n) is 9.25. The molecule has 0 aromatic heterocycles. The SMILES string of the molecule is CCCC[C@@H](CC(=O)O)NC(=O)[C@H]1C[C@H]1CNC(=O)OCC1c2ccccc2-c2ccccc21. The van der Waals surface area contributed by atoms with Crippen molar-refractivity contribution in [3.8, 4) is 11.1 Å². The quantitative estimate of drug-likeness (QED) is 0.460. The summed E-state index contributed by atoms with van der Waals surface area (Å²) in [4.78, 5) is 35.9. The van der Waals surface area contributed by atoms with E-state index in [-0.39, 0.29) is 42.7 Å². The molecular weight excluding hydrogens is 432 g/mol. The molecule has 2 aliphatic carbocycles. The van der Waals surface area contributed by atoms with E-state index in [1.54, 1.807) is 0 Å². The van der Waals surface area contributed by atoms with Crippen molar-refractivity contribution in [2.75, 3.05) is 13.2 Å². The number of carboxylic acids is 1. The van der Waals surface area contributed by atoms with E-state index in [9.17, 15) is 14.4 Å². The van der Waals surface area contributed by atoms with Crippen LogP contribution in [0.2, 0.25) is 0 Å². The molecule has 0 radical (unpaired) electrons. The number of carbonyl (C=O) groups is 3. The third-order valence-corrected chi connectivity index (χ3v) is 6.79. The highest BCUT2D eigenvalue weighted by Gasteiger charge is 2.43. The third kappa shape index (κ3) is 5.58. The van der Waals surface area contributed by atoms with Gasteiger partial charge in [-0.15, -0.1) is 0 Å². The molecule has 2 amide bonds. The van der Waals surface area contributed by atoms with E-state index in [0.717, 1.165) is 24.0 Å². The zero-order valence-electron chi connectivity index (χ0n) is 19.5. The lowest BCUT2D eigenvalue weighted by Crippen LogP contribution is -2.38. The Morgan fingerprint density at radius 3 is 2.32 bits per heavy atom. The Kier molecular flexibility index (Phi) is 7.50. The molecular formula is C27H32N2O5. The van der Waals surface area contributed by atoms with Crippen LogP contribution in [-0.2, 0) is 14.3 Å². The van der Waals surface area contributed by atoms with Crippen LogP contribution in [-0.4, -0.2) is 42.3 Å². The van der Waals surface area contributed by atoms with E-state index in [1.807, 2.05) is 31.2 Å². The lowest BCUT2D eigenvalue weighted by Gasteiger charge is -2.17. The molecule has 7 nitrogen and oxygen atoms in total. The van der Waals surface area contributed by atoms with Crippen LogP contribution in [0.1, 0.15) is 56.1 Å². The van der Waals surface area contributed by atoms with Gasteiger partial charge in [-0.2, -0.15) is 0 Å². The van der Waals surface area contributed by atoms with E-state index in [4.69, 9.17) is 9.84 Å². The first-order chi connectivity index (χ1) is 16.5. The Balaban J connectivity index is 1.23. The Hall–Kier alpha value is -3.35. The molecule has 180 valence electrons. The molecule has 3 atom stereocenters. The van der Waals surface area contributed by atoms with Crippen LogP contribution in [0.3, 0.4) is 0 Å². The number of alkyl carbamates (subject to hydrolysis) is 1. The number of unbranched alkanes of at least 4 members (excludes halogenated alkanes) is 1. The molecule has 4 rings (SSSR count). The van der Waals surface area contributed by atoms with Gasteiger partial charge in [0.25, 0.3) is 0 Å². The largest absolute Gasteiger partial charge is 0.481 e. The minimum atomic E-state index is -0.911. The zero-order valence-corrected chi connectivity index (χ0v) is 19.5. The Morgan fingerprint density at radius 1 is 1.06 bits per heavy atom. The van der Waals surface area contributed by atoms with Crippen molar-refractivity contribution < 1.29 is 24.2 Å². The monoisotopic (exact) mass is 464 g/mol. The fourth-order valence-electron chi connectivity index (χ4n) is 4.85. The Morgan fingerprint density at radius 2 is 1.71 bits per heavy atom. The van der Waals surface area contributed by atoms with Gasteiger partial charge in [-0.1, -0.05) is 68.3 Å². The summed E-state index contributed by atoms with van der Waals surface area (Å²) in [6.07, 6.45) is 2.60. The van der Waals surface area contributed by atoms with Gasteiger partial charge < -0.3 is 20.5 Å². The van der Waals surface area contributed by atoms with Gasteiger partial charge in [0.1, 0.15) is 6.61 Å². The van der Waals surface area contributed by atoms with Gasteiger partial charge >= 0.3 is 12.1 Å². The molecule has 2 aliphatic rings. The molecule has 1 fully saturated rings. The van der Waals surface area contributed by atoms with Crippen LogP contribution in [0, 0.1) is 11.8 Å². The topological polar surface area (TPSA) is 105 Å². The number of ether oxygens (including phenoxy) is 1. The molecule has 0 unspecified atom stereocenters. The van der Waals surface area contributed by atoms with Gasteiger partial charge in [0, 0.05) is 24.4 Å². The van der Waals surface area contributed by atoms with Gasteiger partial charge in [-0.05, 0) is 41.0 Å². The molecule has 0 spiro atoms. The summed E-state index contributed by atoms with van der Waals surface area (Å²) in [5.41, 5.74) is 4.68. The standard InChI is InChI=1S/C27H32N2O5/c1-2-3-8-18(14-25(30)31)29-26(32)23-13-17(23)15-28-27(33)34-16-24-21-11-6-4-9-19(21)20-10-5-7-12-22(20)24/h4-7,9-12,17-18,23-24H,2-3,8,13-16H2,1H3,(H,28,33)(H,29,32)(H,30,31)/t17-,18-,23-/m0/s1. The first-order valence-electron chi connectivity index (χ1n) is 12.1. The van der Waals surface area contributed by atoms with Crippen LogP contribution >= 0.6 is 0 Å². The highest BCUT2D eigenvalue weighted by molar-refractivity contribution is 5.82. The fraction of sp³-hybridized carbons (Fsp3) is 0.444. The van der Waals surface area contributed by atoms with Crippen LogP contribution in [0.25, 0.3) is 11.1 Å². The maximum Gasteiger partial charge on any atom is 0.407 e. The Bertz CT molecular complexity index is 1010. The first-order valence-corrected chi connectivity index (χ1v) is 12.1. The van der Waals surface area contributed by atoms with E-state index in [2.05, 4.69) is 34.9 Å². The van der Waals surface area contributed by atoms with Gasteiger partial charge in [-0.25, -0.2) is 4.79 Å². The highest BCUT2D eigenvalue weighted by Crippen LogP contribution is 2.44. The predicted octanol–water partition coefficient (Wildman–Crippen LogP) is 4.31. The predicted molar refractivity (Wildman–Crippen MR) is 128 cm³/mol. The molecule has 2 aromatic rings. The lowest BCUT2D eigenvalue weighted by atomic mass is 9.98. The number of fused-ring (bicyclic) bond motifs is 3. The number of hydrogen-bond acceptors (Lipinski definition) is 4. The van der Waals surface area contributed by atoms with Crippen molar-refractivity contribution in [2.45, 2.75) is 51.0 Å². The van der Waals surface area contributed by atoms with Crippen LogP contribution in [0.15, 0.2) is 48.5 Å². The van der Waals surface area contributed by atoms with Gasteiger partial charge in [-0.3, -0.25) is 9.59 Å². The summed E-state index contributed by atoms with van der Waals surface area (Å²) in [6.45, 7) is 2.65. The van der Waals surface area contributed by atoms with Crippen LogP contribution in [0.5, 0.6) is 0 Å². The summed E-state index contributed by atoms with van der Waals surface area (Å²) < 4.78 is 5.55. The highest BCUT2D eigenvalue weighted by atomic mass is 16.5. The molecule has 0 aliphatic heterocycles. The van der Waals surface area contributed by atoms with Gasteiger partial charge in [0.2, 0.25) is 5.91 Å². The molecule has 1 saturated carbocycles. The summed E-state index contributed by atoms with van der Waals surface area (Å²) >= 11 is 0. The van der Waals surface area contributed by atoms with Crippen molar-refractivity contribution in [1.29, 1.82) is 0 Å². The van der Waals surface area contributed by atoms with Crippen LogP contribution in [0.4, 0.5) is 4.79 Å². The van der Waals surface area contributed by atoms with Crippen molar-refractivity contribution in [2.24, 2.45) is 11.8 Å². The zero-order chi connectivity index (χ0) is 24.1. The molecule has 0 saturated heterocycles. The van der Waals surface area contributed by atoms with E-state index >= 15 is 0 Å². The normalized spacial score (nSPS) is 19.0. The maximum absolute atomic E-state index is 12.5. The lowest BCUT2D eigenvalue weighted by molar-refractivity contribution is -0.137. The molecule has 3 N–H and O–H groups in total. The summed E-state index contributed by atoms with van der Waals surface area (Å²) in [5, 5.41) is 14.7. The Labute approximate surface area is 199 Å². The van der Waals surface area contributed by atoms with Crippen LogP contribution < -0.4 is 10.6 Å². The van der Waals surface area contributed by atoms with Gasteiger partial charge in [0.05, 0.1) is 6.42 Å². The second-order valence-corrected chi connectivity index (χ2v) is 9.25. The van der Waals surface area contributed by atoms with E-state index in [1.165, 1.54) is 11.1 Å². The summed E-state index contributed by atoms with van der Waals surface area (Å²) in [7, 11) is 0. The average Bonchev–Trinajstić information content (AvgIpc) is 3.55. The second kappa shape index (κ2) is 10.7. The number of carboxylic acid groups (broad SMARTS) is 1. The number of hydrogen-bond donors (Lipinski definition) is 3. The number of benzene rings is 2. The number of nitrogens with one attached hydrogen (secondary N) is 2. The smallest absolute Gasteiger partial charge is 0.407 e. The average molecular weight is 465 g/mol. The number of aliphatic carboxylic acids is 1. The molecule has 0 heterocycles. The maximum atomic E-state index is 12.5. The minimum Gasteiger partial charge on any atom is -0.481 e. The number of carbonyl (C=O) groups excluding carboxylic acids is 2. The first kappa shape index (κ1) is 23.8. The number of rotatable bonds is 11. The van der Waals surface area contributed by atoms with Crippen molar-refractivity contribution in [1.82, 2.24) is 10.6 Å². The molecule has 0 bridgehead atoms.